The standard InChI is InChI=1S/C16H22N4O/c1-11-4-5-14(12(2)8-11)13(3)19-16(21)15-9-20(7-6-17)10-18-15/h4-5,8-10,13H,6-7,17H2,1-3H3,(H,19,21). The van der Waals surface area contributed by atoms with Crippen molar-refractivity contribution in [2.45, 2.75) is 33.4 Å². The number of nitrogens with zero attached hydrogens (tertiary/aromatic N) is 2. The van der Waals surface area contributed by atoms with Crippen LogP contribution in [0.4, 0.5) is 0 Å². The van der Waals surface area contributed by atoms with Gasteiger partial charge in [-0.1, -0.05) is 23.8 Å². The van der Waals surface area contributed by atoms with Gasteiger partial charge in [0.2, 0.25) is 0 Å². The summed E-state index contributed by atoms with van der Waals surface area (Å²) in [6, 6.07) is 6.18. The molecule has 1 unspecified atom stereocenters. The molecule has 1 amide bonds. The number of imidazole rings is 1. The molecule has 2 aromatic rings. The number of amides is 1. The maximum absolute atomic E-state index is 12.2. The Morgan fingerprint density at radius 1 is 1.43 bits per heavy atom. The molecular weight excluding hydrogens is 264 g/mol. The second-order valence-corrected chi connectivity index (χ2v) is 5.34. The van der Waals surface area contributed by atoms with Crippen molar-refractivity contribution in [2.24, 2.45) is 5.73 Å². The van der Waals surface area contributed by atoms with Gasteiger partial charge >= 0.3 is 0 Å². The largest absolute Gasteiger partial charge is 0.344 e. The Bertz CT molecular complexity index is 633. The molecular formula is C16H22N4O. The number of carbonyl (C=O) groups is 1. The predicted molar refractivity (Wildman–Crippen MR) is 83.1 cm³/mol. The van der Waals surface area contributed by atoms with Gasteiger partial charge in [-0.2, -0.15) is 0 Å². The summed E-state index contributed by atoms with van der Waals surface area (Å²) in [5.41, 5.74) is 9.41. The number of rotatable bonds is 5. The fourth-order valence-corrected chi connectivity index (χ4v) is 2.41. The van der Waals surface area contributed by atoms with E-state index in [4.69, 9.17) is 5.73 Å². The number of hydrogen-bond donors (Lipinski definition) is 2. The van der Waals surface area contributed by atoms with Crippen LogP contribution in [0.1, 0.15) is 40.1 Å². The summed E-state index contributed by atoms with van der Waals surface area (Å²) < 4.78 is 1.82. The van der Waals surface area contributed by atoms with Gasteiger partial charge in [0.25, 0.3) is 5.91 Å². The first-order chi connectivity index (χ1) is 10.0. The number of benzene rings is 1. The molecule has 0 aliphatic rings. The van der Waals surface area contributed by atoms with Gasteiger partial charge in [-0.05, 0) is 31.9 Å². The Morgan fingerprint density at radius 3 is 2.86 bits per heavy atom. The van der Waals surface area contributed by atoms with Gasteiger partial charge in [0.05, 0.1) is 12.4 Å². The zero-order valence-corrected chi connectivity index (χ0v) is 12.8. The first-order valence-corrected chi connectivity index (χ1v) is 7.11. The van der Waals surface area contributed by atoms with E-state index in [9.17, 15) is 4.79 Å². The van der Waals surface area contributed by atoms with Gasteiger partial charge in [0.15, 0.2) is 0 Å². The van der Waals surface area contributed by atoms with Gasteiger partial charge in [-0.3, -0.25) is 4.79 Å². The van der Waals surface area contributed by atoms with Gasteiger partial charge in [-0.15, -0.1) is 0 Å². The summed E-state index contributed by atoms with van der Waals surface area (Å²) in [6.07, 6.45) is 3.35. The minimum atomic E-state index is -0.168. The molecule has 5 nitrogen and oxygen atoms in total. The van der Waals surface area contributed by atoms with Crippen molar-refractivity contribution in [3.8, 4) is 0 Å². The molecule has 0 aliphatic carbocycles. The van der Waals surface area contributed by atoms with Crippen molar-refractivity contribution in [2.75, 3.05) is 6.54 Å². The first-order valence-electron chi connectivity index (χ1n) is 7.11. The van der Waals surface area contributed by atoms with E-state index in [0.717, 1.165) is 5.56 Å². The SMILES string of the molecule is Cc1ccc(C(C)NC(=O)c2cn(CCN)cn2)c(C)c1. The smallest absolute Gasteiger partial charge is 0.271 e. The van der Waals surface area contributed by atoms with Crippen LogP contribution in [0, 0.1) is 13.8 Å². The van der Waals surface area contributed by atoms with Crippen molar-refractivity contribution in [3.05, 3.63) is 53.1 Å². The van der Waals surface area contributed by atoms with E-state index in [1.165, 1.54) is 11.1 Å². The summed E-state index contributed by atoms with van der Waals surface area (Å²) in [7, 11) is 0. The lowest BCUT2D eigenvalue weighted by atomic mass is 10.0. The van der Waals surface area contributed by atoms with Crippen molar-refractivity contribution >= 4 is 5.91 Å². The van der Waals surface area contributed by atoms with Crippen LogP contribution >= 0.6 is 0 Å². The predicted octanol–water partition coefficient (Wildman–Crippen LogP) is 1.95. The van der Waals surface area contributed by atoms with Crippen LogP contribution in [-0.2, 0) is 6.54 Å². The summed E-state index contributed by atoms with van der Waals surface area (Å²) >= 11 is 0. The zero-order chi connectivity index (χ0) is 15.4. The first kappa shape index (κ1) is 15.3. The van der Waals surface area contributed by atoms with Crippen LogP contribution in [-0.4, -0.2) is 22.0 Å². The molecule has 0 radical (unpaired) electrons. The number of nitrogens with one attached hydrogen (secondary N) is 1. The molecule has 2 rings (SSSR count). The Kier molecular flexibility index (Phi) is 4.75. The lowest BCUT2D eigenvalue weighted by Crippen LogP contribution is -2.27. The maximum Gasteiger partial charge on any atom is 0.271 e. The Hall–Kier alpha value is -2.14. The number of aryl methyl sites for hydroxylation is 2. The highest BCUT2D eigenvalue weighted by atomic mass is 16.1. The summed E-state index contributed by atoms with van der Waals surface area (Å²) in [5, 5.41) is 2.98. The molecule has 21 heavy (non-hydrogen) atoms. The molecule has 5 heteroatoms. The maximum atomic E-state index is 12.2. The molecule has 0 aliphatic heterocycles. The highest BCUT2D eigenvalue weighted by molar-refractivity contribution is 5.92. The third-order valence-corrected chi connectivity index (χ3v) is 3.49. The Morgan fingerprint density at radius 2 is 2.19 bits per heavy atom. The molecule has 0 saturated carbocycles. The van der Waals surface area contributed by atoms with Crippen LogP contribution < -0.4 is 11.1 Å². The quantitative estimate of drug-likeness (QED) is 0.882. The number of carbonyl (C=O) groups excluding carboxylic acids is 1. The molecule has 0 fully saturated rings. The van der Waals surface area contributed by atoms with Crippen LogP contribution in [0.3, 0.4) is 0 Å². The summed E-state index contributed by atoms with van der Waals surface area (Å²) in [6.45, 7) is 7.28. The van der Waals surface area contributed by atoms with Crippen molar-refractivity contribution in [3.63, 3.8) is 0 Å². The monoisotopic (exact) mass is 286 g/mol. The highest BCUT2D eigenvalue weighted by Gasteiger charge is 2.15. The fraction of sp³-hybridized carbons (Fsp3) is 0.375. The molecule has 3 N–H and O–H groups in total. The lowest BCUT2D eigenvalue weighted by molar-refractivity contribution is 0.0935. The average molecular weight is 286 g/mol. The third kappa shape index (κ3) is 3.70. The Labute approximate surface area is 125 Å². The van der Waals surface area contributed by atoms with E-state index in [1.807, 2.05) is 11.5 Å². The molecule has 1 atom stereocenters. The van der Waals surface area contributed by atoms with Crippen LogP contribution in [0.2, 0.25) is 0 Å². The molecule has 0 spiro atoms. The summed E-state index contributed by atoms with van der Waals surface area (Å²) in [5.74, 6) is -0.168. The molecule has 0 saturated heterocycles. The van der Waals surface area contributed by atoms with Crippen molar-refractivity contribution in [1.29, 1.82) is 0 Å². The minimum Gasteiger partial charge on any atom is -0.344 e. The zero-order valence-electron chi connectivity index (χ0n) is 12.8. The number of hydrogen-bond acceptors (Lipinski definition) is 3. The van der Waals surface area contributed by atoms with Crippen molar-refractivity contribution in [1.82, 2.24) is 14.9 Å². The normalized spacial score (nSPS) is 12.2. The fourth-order valence-electron chi connectivity index (χ4n) is 2.41. The van der Waals surface area contributed by atoms with E-state index in [-0.39, 0.29) is 11.9 Å². The molecule has 0 bridgehead atoms. The van der Waals surface area contributed by atoms with Crippen molar-refractivity contribution < 1.29 is 4.79 Å². The van der Waals surface area contributed by atoms with E-state index in [0.29, 0.717) is 18.8 Å². The van der Waals surface area contributed by atoms with Crippen LogP contribution in [0.5, 0.6) is 0 Å². The summed E-state index contributed by atoms with van der Waals surface area (Å²) in [4.78, 5) is 16.3. The van der Waals surface area contributed by atoms with E-state index >= 15 is 0 Å². The third-order valence-electron chi connectivity index (χ3n) is 3.49. The molecule has 1 aromatic carbocycles. The second kappa shape index (κ2) is 6.54. The van der Waals surface area contributed by atoms with Gasteiger partial charge in [0.1, 0.15) is 5.69 Å². The molecule has 1 aromatic heterocycles. The van der Waals surface area contributed by atoms with E-state index < -0.39 is 0 Å². The highest BCUT2D eigenvalue weighted by Crippen LogP contribution is 2.18. The second-order valence-electron chi connectivity index (χ2n) is 5.34. The number of aromatic nitrogens is 2. The minimum absolute atomic E-state index is 0.0576. The average Bonchev–Trinajstić information content (AvgIpc) is 2.87. The lowest BCUT2D eigenvalue weighted by Gasteiger charge is -2.16. The van der Waals surface area contributed by atoms with E-state index in [2.05, 4.69) is 42.3 Å². The van der Waals surface area contributed by atoms with Crippen LogP contribution in [0.15, 0.2) is 30.7 Å². The van der Waals surface area contributed by atoms with Gasteiger partial charge < -0.3 is 15.6 Å². The topological polar surface area (TPSA) is 72.9 Å². The molecule has 1 heterocycles. The Balaban J connectivity index is 2.07. The van der Waals surface area contributed by atoms with E-state index in [1.54, 1.807) is 12.5 Å². The van der Waals surface area contributed by atoms with Crippen LogP contribution in [0.25, 0.3) is 0 Å². The molecule has 112 valence electrons. The van der Waals surface area contributed by atoms with Gasteiger partial charge in [0, 0.05) is 19.3 Å². The van der Waals surface area contributed by atoms with Gasteiger partial charge in [-0.25, -0.2) is 4.98 Å². The number of nitrogens with two attached hydrogens (primary N) is 1.